The van der Waals surface area contributed by atoms with E-state index >= 15 is 0 Å². The van der Waals surface area contributed by atoms with E-state index in [0.29, 0.717) is 6.61 Å². The number of phosphoric ester groups is 1. The van der Waals surface area contributed by atoms with Crippen molar-refractivity contribution in [3.8, 4) is 0 Å². The molecule has 52 heavy (non-hydrogen) atoms. The zero-order chi connectivity index (χ0) is 38.2. The fourth-order valence-corrected chi connectivity index (χ4v) is 7.21. The van der Waals surface area contributed by atoms with Gasteiger partial charge in [0.15, 0.2) is 0 Å². The van der Waals surface area contributed by atoms with E-state index in [-0.39, 0.29) is 25.6 Å². The molecule has 0 fully saturated rings. The molecule has 0 aromatic heterocycles. The quantitative estimate of drug-likeness (QED) is 0.0315. The standard InChI is InChI=1S/C42H85O9P/c1-3-5-7-9-11-13-15-17-18-19-20-21-22-23-25-27-29-31-33-35-48-38-41(39-50-52(46,47)49-37-40(44)36-43)51-42(45)34-32-30-28-26-24-16-14-12-10-8-6-4-2/h40-41,43-44H,3-39H2,1-2H3,(H,46,47). The lowest BCUT2D eigenvalue weighted by atomic mass is 10.0. The molecule has 0 aromatic rings. The SMILES string of the molecule is CCCCCCCCCCCCCCCCCCCCCOCC(COP(=O)(O)OCC(O)CO)OC(=O)CCCCCCCCCCCCCC. The summed E-state index contributed by atoms with van der Waals surface area (Å²) in [4.78, 5) is 22.5. The number of esters is 1. The van der Waals surface area contributed by atoms with E-state index in [1.807, 2.05) is 0 Å². The van der Waals surface area contributed by atoms with Gasteiger partial charge >= 0.3 is 13.8 Å². The van der Waals surface area contributed by atoms with Gasteiger partial charge in [-0.1, -0.05) is 200 Å². The smallest absolute Gasteiger partial charge is 0.457 e. The molecule has 9 nitrogen and oxygen atoms in total. The molecular weight excluding hydrogens is 679 g/mol. The Morgan fingerprint density at radius 2 is 0.865 bits per heavy atom. The predicted molar refractivity (Wildman–Crippen MR) is 215 cm³/mol. The third kappa shape index (κ3) is 39.2. The van der Waals surface area contributed by atoms with Crippen LogP contribution in [0.15, 0.2) is 0 Å². The molecule has 0 amide bonds. The Morgan fingerprint density at radius 3 is 1.25 bits per heavy atom. The third-order valence-corrected chi connectivity index (χ3v) is 10.7. The van der Waals surface area contributed by atoms with Crippen LogP contribution in [0.1, 0.15) is 219 Å². The van der Waals surface area contributed by atoms with Gasteiger partial charge in [0.2, 0.25) is 0 Å². The molecule has 0 saturated heterocycles. The van der Waals surface area contributed by atoms with Gasteiger partial charge in [-0.25, -0.2) is 4.57 Å². The lowest BCUT2D eigenvalue weighted by Crippen LogP contribution is -2.29. The summed E-state index contributed by atoms with van der Waals surface area (Å²) < 4.78 is 33.4. The average Bonchev–Trinajstić information content (AvgIpc) is 3.13. The highest BCUT2D eigenvalue weighted by atomic mass is 31.2. The van der Waals surface area contributed by atoms with E-state index in [1.54, 1.807) is 0 Å². The molecule has 10 heteroatoms. The Labute approximate surface area is 320 Å². The maximum atomic E-state index is 12.6. The molecule has 3 atom stereocenters. The van der Waals surface area contributed by atoms with Gasteiger partial charge in [-0.2, -0.15) is 0 Å². The van der Waals surface area contributed by atoms with E-state index in [2.05, 4.69) is 13.8 Å². The van der Waals surface area contributed by atoms with Crippen LogP contribution >= 0.6 is 7.82 Å². The van der Waals surface area contributed by atoms with Crippen LogP contribution in [0.5, 0.6) is 0 Å². The number of hydrogen-bond donors (Lipinski definition) is 3. The van der Waals surface area contributed by atoms with Crippen molar-refractivity contribution in [3.05, 3.63) is 0 Å². The molecule has 3 N–H and O–H groups in total. The molecule has 0 aliphatic carbocycles. The van der Waals surface area contributed by atoms with E-state index in [0.717, 1.165) is 32.1 Å². The second kappa shape index (κ2) is 40.1. The van der Waals surface area contributed by atoms with Crippen LogP contribution in [0.3, 0.4) is 0 Å². The zero-order valence-corrected chi connectivity index (χ0v) is 35.0. The minimum atomic E-state index is -4.51. The number of unbranched alkanes of at least 4 members (excludes halogenated alkanes) is 29. The molecule has 0 saturated carbocycles. The van der Waals surface area contributed by atoms with Crippen LogP contribution in [0, 0.1) is 0 Å². The van der Waals surface area contributed by atoms with E-state index < -0.39 is 33.2 Å². The lowest BCUT2D eigenvalue weighted by Gasteiger charge is -2.20. The predicted octanol–water partition coefficient (Wildman–Crippen LogP) is 11.9. The van der Waals surface area contributed by atoms with Crippen LogP contribution in [0.25, 0.3) is 0 Å². The van der Waals surface area contributed by atoms with Crippen LogP contribution < -0.4 is 0 Å². The van der Waals surface area contributed by atoms with Gasteiger partial charge in [0.1, 0.15) is 12.2 Å². The fourth-order valence-electron chi connectivity index (χ4n) is 6.42. The number of rotatable bonds is 43. The molecule has 0 rings (SSSR count). The minimum Gasteiger partial charge on any atom is -0.457 e. The summed E-state index contributed by atoms with van der Waals surface area (Å²) in [6.45, 7) is 3.57. The van der Waals surface area contributed by atoms with Crippen molar-refractivity contribution in [1.82, 2.24) is 0 Å². The normalized spacial score (nSPS) is 14.0. The van der Waals surface area contributed by atoms with Crippen LogP contribution in [0.4, 0.5) is 0 Å². The highest BCUT2D eigenvalue weighted by Gasteiger charge is 2.26. The van der Waals surface area contributed by atoms with Gasteiger partial charge in [-0.05, 0) is 12.8 Å². The number of carbonyl (C=O) groups is 1. The van der Waals surface area contributed by atoms with Gasteiger partial charge < -0.3 is 24.6 Å². The van der Waals surface area contributed by atoms with E-state index in [4.69, 9.17) is 23.6 Å². The number of hydrogen-bond acceptors (Lipinski definition) is 8. The summed E-state index contributed by atoms with van der Waals surface area (Å²) in [7, 11) is -4.51. The molecule has 0 radical (unpaired) electrons. The summed E-state index contributed by atoms with van der Waals surface area (Å²) in [6.07, 6.45) is 37.8. The first-order valence-electron chi connectivity index (χ1n) is 22.0. The molecule has 0 bridgehead atoms. The Hall–Kier alpha value is -0.540. The molecule has 0 heterocycles. The van der Waals surface area contributed by atoms with Gasteiger partial charge in [0.05, 0.1) is 26.4 Å². The van der Waals surface area contributed by atoms with Crippen molar-refractivity contribution in [2.45, 2.75) is 232 Å². The summed E-state index contributed by atoms with van der Waals surface area (Å²) in [5, 5.41) is 18.3. The second-order valence-corrected chi connectivity index (χ2v) is 16.5. The monoisotopic (exact) mass is 765 g/mol. The highest BCUT2D eigenvalue weighted by molar-refractivity contribution is 7.47. The lowest BCUT2D eigenvalue weighted by molar-refractivity contribution is -0.154. The third-order valence-electron chi connectivity index (χ3n) is 9.79. The van der Waals surface area contributed by atoms with Crippen LogP contribution in [-0.4, -0.2) is 66.3 Å². The summed E-state index contributed by atoms with van der Waals surface area (Å²) in [5.74, 6) is -0.378. The summed E-state index contributed by atoms with van der Waals surface area (Å²) in [6, 6.07) is 0. The van der Waals surface area contributed by atoms with E-state index in [1.165, 1.54) is 167 Å². The molecular formula is C42H85O9P. The largest absolute Gasteiger partial charge is 0.472 e. The van der Waals surface area contributed by atoms with Crippen molar-refractivity contribution >= 4 is 13.8 Å². The molecule has 3 unspecified atom stereocenters. The number of aliphatic hydroxyl groups is 2. The van der Waals surface area contributed by atoms with Gasteiger partial charge in [-0.15, -0.1) is 0 Å². The Bertz CT molecular complexity index is 785. The van der Waals surface area contributed by atoms with Crippen molar-refractivity contribution in [2.75, 3.05) is 33.0 Å². The molecule has 312 valence electrons. The zero-order valence-electron chi connectivity index (χ0n) is 34.1. The number of phosphoric acid groups is 1. The Kier molecular flexibility index (Phi) is 39.7. The van der Waals surface area contributed by atoms with Crippen molar-refractivity contribution < 1.29 is 43.0 Å². The number of aliphatic hydroxyl groups excluding tert-OH is 2. The highest BCUT2D eigenvalue weighted by Crippen LogP contribution is 2.43. The minimum absolute atomic E-state index is 0.0580. The van der Waals surface area contributed by atoms with Crippen molar-refractivity contribution in [3.63, 3.8) is 0 Å². The molecule has 0 aliphatic heterocycles. The Balaban J connectivity index is 4.06. The van der Waals surface area contributed by atoms with Crippen molar-refractivity contribution in [1.29, 1.82) is 0 Å². The first kappa shape index (κ1) is 51.5. The van der Waals surface area contributed by atoms with Crippen molar-refractivity contribution in [2.24, 2.45) is 0 Å². The second-order valence-electron chi connectivity index (χ2n) is 15.1. The van der Waals surface area contributed by atoms with Gasteiger partial charge in [-0.3, -0.25) is 13.8 Å². The maximum absolute atomic E-state index is 12.6. The average molecular weight is 765 g/mol. The Morgan fingerprint density at radius 1 is 0.519 bits per heavy atom. The first-order valence-corrected chi connectivity index (χ1v) is 23.5. The first-order chi connectivity index (χ1) is 25.3. The van der Waals surface area contributed by atoms with Gasteiger partial charge in [0, 0.05) is 13.0 Å². The van der Waals surface area contributed by atoms with E-state index in [9.17, 15) is 19.4 Å². The molecule has 0 aliphatic rings. The number of carbonyl (C=O) groups excluding carboxylic acids is 1. The summed E-state index contributed by atoms with van der Waals surface area (Å²) >= 11 is 0. The topological polar surface area (TPSA) is 132 Å². The molecule has 0 spiro atoms. The van der Waals surface area contributed by atoms with Gasteiger partial charge in [0.25, 0.3) is 0 Å². The van der Waals surface area contributed by atoms with Crippen LogP contribution in [-0.2, 0) is 27.9 Å². The van der Waals surface area contributed by atoms with Crippen LogP contribution in [0.2, 0.25) is 0 Å². The molecule has 0 aromatic carbocycles. The number of ether oxygens (including phenoxy) is 2. The maximum Gasteiger partial charge on any atom is 0.472 e. The summed E-state index contributed by atoms with van der Waals surface area (Å²) in [5.41, 5.74) is 0. The fraction of sp³-hybridized carbons (Fsp3) is 0.976.